The summed E-state index contributed by atoms with van der Waals surface area (Å²) in [6, 6.07) is 21.5. The standard InChI is InChI=1S/C27H24N2O5/c30-25(18-34-23-13-11-21(12-14-23)27(32)33)28-16-15-26(31)29-17-22-7-2-1-5-19(22)9-10-20-6-3-4-8-24(20)29/h1-14H,15-18H2,(H,28,30)(H,32,33)/b10-9-. The van der Waals surface area contributed by atoms with Gasteiger partial charge in [-0.3, -0.25) is 9.59 Å². The number of nitrogens with zero attached hydrogens (tertiary/aromatic N) is 1. The molecule has 0 saturated carbocycles. The summed E-state index contributed by atoms with van der Waals surface area (Å²) < 4.78 is 5.38. The van der Waals surface area contributed by atoms with Gasteiger partial charge in [-0.25, -0.2) is 4.79 Å². The predicted molar refractivity (Wildman–Crippen MR) is 130 cm³/mol. The van der Waals surface area contributed by atoms with E-state index in [0.717, 1.165) is 22.4 Å². The second-order valence-corrected chi connectivity index (χ2v) is 7.79. The molecule has 1 heterocycles. The highest BCUT2D eigenvalue weighted by molar-refractivity contribution is 5.97. The number of anilines is 1. The summed E-state index contributed by atoms with van der Waals surface area (Å²) in [6.45, 7) is 0.389. The van der Waals surface area contributed by atoms with E-state index in [1.807, 2.05) is 54.6 Å². The second kappa shape index (κ2) is 10.5. The topological polar surface area (TPSA) is 95.9 Å². The molecule has 0 saturated heterocycles. The largest absolute Gasteiger partial charge is 0.484 e. The molecule has 2 N–H and O–H groups in total. The Kier molecular flexibility index (Phi) is 7.03. The van der Waals surface area contributed by atoms with Gasteiger partial charge in [-0.15, -0.1) is 0 Å². The van der Waals surface area contributed by atoms with Crippen molar-refractivity contribution in [2.24, 2.45) is 0 Å². The van der Waals surface area contributed by atoms with Gasteiger partial charge in [-0.2, -0.15) is 0 Å². The SMILES string of the molecule is O=C(COc1ccc(C(=O)O)cc1)NCCC(=O)N1Cc2ccccc2/C=C\c2ccccc21. The zero-order valence-electron chi connectivity index (χ0n) is 18.4. The van der Waals surface area contributed by atoms with Crippen molar-refractivity contribution >= 4 is 35.6 Å². The number of hydrogen-bond donors (Lipinski definition) is 2. The van der Waals surface area contributed by atoms with E-state index in [1.54, 1.807) is 4.90 Å². The molecule has 0 unspecified atom stereocenters. The Labute approximate surface area is 197 Å². The maximum absolute atomic E-state index is 13.2. The number of para-hydroxylation sites is 1. The minimum Gasteiger partial charge on any atom is -0.484 e. The zero-order chi connectivity index (χ0) is 23.9. The van der Waals surface area contributed by atoms with Gasteiger partial charge in [0.25, 0.3) is 5.91 Å². The molecule has 0 radical (unpaired) electrons. The highest BCUT2D eigenvalue weighted by Crippen LogP contribution is 2.29. The zero-order valence-corrected chi connectivity index (χ0v) is 18.4. The number of carboxylic acid groups (broad SMARTS) is 1. The molecule has 0 atom stereocenters. The first kappa shape index (κ1) is 22.8. The molecule has 172 valence electrons. The number of carbonyl (C=O) groups is 3. The smallest absolute Gasteiger partial charge is 0.335 e. The molecule has 0 fully saturated rings. The summed E-state index contributed by atoms with van der Waals surface area (Å²) in [5, 5.41) is 11.6. The number of hydrogen-bond acceptors (Lipinski definition) is 4. The lowest BCUT2D eigenvalue weighted by molar-refractivity contribution is -0.123. The van der Waals surface area contributed by atoms with Gasteiger partial charge in [-0.05, 0) is 47.0 Å². The third kappa shape index (κ3) is 5.50. The van der Waals surface area contributed by atoms with Gasteiger partial charge in [0.2, 0.25) is 5.91 Å². The molecule has 3 aromatic rings. The van der Waals surface area contributed by atoms with Crippen LogP contribution in [-0.4, -0.2) is 36.0 Å². The molecule has 1 aliphatic heterocycles. The summed E-state index contributed by atoms with van der Waals surface area (Å²) in [6.07, 6.45) is 4.21. The van der Waals surface area contributed by atoms with Crippen LogP contribution in [0.2, 0.25) is 0 Å². The second-order valence-electron chi connectivity index (χ2n) is 7.79. The molecule has 0 spiro atoms. The Hall–Kier alpha value is -4.39. The minimum absolute atomic E-state index is 0.0944. The minimum atomic E-state index is -1.03. The average molecular weight is 456 g/mol. The van der Waals surface area contributed by atoms with E-state index in [1.165, 1.54) is 24.3 Å². The monoisotopic (exact) mass is 456 g/mol. The van der Waals surface area contributed by atoms with E-state index in [0.29, 0.717) is 12.3 Å². The van der Waals surface area contributed by atoms with Crippen LogP contribution in [-0.2, 0) is 16.1 Å². The molecule has 34 heavy (non-hydrogen) atoms. The molecule has 0 bridgehead atoms. The summed E-state index contributed by atoms with van der Waals surface area (Å²) in [5.41, 5.74) is 4.04. The number of carbonyl (C=O) groups excluding carboxylic acids is 2. The first-order chi connectivity index (χ1) is 16.5. The highest BCUT2D eigenvalue weighted by Gasteiger charge is 2.20. The fourth-order valence-corrected chi connectivity index (χ4v) is 3.71. The average Bonchev–Trinajstić information content (AvgIpc) is 2.84. The van der Waals surface area contributed by atoms with E-state index in [-0.39, 0.29) is 37.0 Å². The number of benzene rings is 3. The fraction of sp³-hybridized carbons (Fsp3) is 0.148. The summed E-state index contributed by atoms with van der Waals surface area (Å²) in [7, 11) is 0. The van der Waals surface area contributed by atoms with Crippen LogP contribution in [0, 0.1) is 0 Å². The molecule has 1 aliphatic rings. The number of carboxylic acids is 1. The quantitative estimate of drug-likeness (QED) is 0.561. The van der Waals surface area contributed by atoms with Crippen molar-refractivity contribution in [2.45, 2.75) is 13.0 Å². The number of ether oxygens (including phenoxy) is 1. The van der Waals surface area contributed by atoms with Crippen molar-refractivity contribution in [3.8, 4) is 5.75 Å². The maximum Gasteiger partial charge on any atom is 0.335 e. The van der Waals surface area contributed by atoms with Crippen LogP contribution in [0.5, 0.6) is 5.75 Å². The summed E-state index contributed by atoms with van der Waals surface area (Å²) >= 11 is 0. The van der Waals surface area contributed by atoms with Crippen LogP contribution >= 0.6 is 0 Å². The lowest BCUT2D eigenvalue weighted by Crippen LogP contribution is -2.36. The van der Waals surface area contributed by atoms with Crippen LogP contribution < -0.4 is 15.0 Å². The van der Waals surface area contributed by atoms with Crippen molar-refractivity contribution in [2.75, 3.05) is 18.1 Å². The van der Waals surface area contributed by atoms with Gasteiger partial charge >= 0.3 is 5.97 Å². The Morgan fingerprint density at radius 1 is 0.882 bits per heavy atom. The number of aromatic carboxylic acids is 1. The van der Waals surface area contributed by atoms with Crippen LogP contribution in [0.4, 0.5) is 5.69 Å². The molecule has 7 heteroatoms. The van der Waals surface area contributed by atoms with Crippen LogP contribution in [0.1, 0.15) is 33.5 Å². The van der Waals surface area contributed by atoms with E-state index < -0.39 is 5.97 Å². The Morgan fingerprint density at radius 3 is 2.32 bits per heavy atom. The molecule has 2 amide bonds. The molecular weight excluding hydrogens is 432 g/mol. The first-order valence-electron chi connectivity index (χ1n) is 10.9. The third-order valence-electron chi connectivity index (χ3n) is 5.49. The molecule has 3 aromatic carbocycles. The van der Waals surface area contributed by atoms with Gasteiger partial charge in [0.05, 0.1) is 17.8 Å². The van der Waals surface area contributed by atoms with Crippen LogP contribution in [0.25, 0.3) is 12.2 Å². The lowest BCUT2D eigenvalue weighted by Gasteiger charge is -2.27. The normalized spacial score (nSPS) is 13.0. The van der Waals surface area contributed by atoms with E-state index in [9.17, 15) is 14.4 Å². The lowest BCUT2D eigenvalue weighted by atomic mass is 10.0. The van der Waals surface area contributed by atoms with Crippen LogP contribution in [0.3, 0.4) is 0 Å². The third-order valence-corrected chi connectivity index (χ3v) is 5.49. The fourth-order valence-electron chi connectivity index (χ4n) is 3.71. The predicted octanol–water partition coefficient (Wildman–Crippen LogP) is 3.99. The van der Waals surface area contributed by atoms with Crippen molar-refractivity contribution in [3.05, 3.63) is 95.1 Å². The van der Waals surface area contributed by atoms with Gasteiger partial charge < -0.3 is 20.1 Å². The molecule has 0 aliphatic carbocycles. The highest BCUT2D eigenvalue weighted by atomic mass is 16.5. The molecule has 0 aromatic heterocycles. The van der Waals surface area contributed by atoms with E-state index in [2.05, 4.69) is 11.4 Å². The maximum atomic E-state index is 13.2. The summed E-state index contributed by atoms with van der Waals surface area (Å²) in [4.78, 5) is 37.9. The van der Waals surface area contributed by atoms with Gasteiger partial charge in [-0.1, -0.05) is 54.6 Å². The first-order valence-corrected chi connectivity index (χ1v) is 10.9. The number of fused-ring (bicyclic) bond motifs is 2. The summed E-state index contributed by atoms with van der Waals surface area (Å²) in [5.74, 6) is -1.10. The number of amides is 2. The van der Waals surface area contributed by atoms with E-state index >= 15 is 0 Å². The molecular formula is C27H24N2O5. The van der Waals surface area contributed by atoms with Crippen molar-refractivity contribution < 1.29 is 24.2 Å². The van der Waals surface area contributed by atoms with Gasteiger partial charge in [0.1, 0.15) is 5.75 Å². The number of rotatable bonds is 7. The molecule has 7 nitrogen and oxygen atoms in total. The van der Waals surface area contributed by atoms with Crippen molar-refractivity contribution in [1.29, 1.82) is 0 Å². The molecule has 4 rings (SSSR count). The van der Waals surface area contributed by atoms with E-state index in [4.69, 9.17) is 9.84 Å². The van der Waals surface area contributed by atoms with Gasteiger partial charge in [0.15, 0.2) is 6.61 Å². The number of nitrogens with one attached hydrogen (secondary N) is 1. The Morgan fingerprint density at radius 2 is 1.56 bits per heavy atom. The van der Waals surface area contributed by atoms with Crippen molar-refractivity contribution in [1.82, 2.24) is 5.32 Å². The Balaban J connectivity index is 1.34. The van der Waals surface area contributed by atoms with Crippen molar-refractivity contribution in [3.63, 3.8) is 0 Å². The Bertz CT molecular complexity index is 1230. The van der Waals surface area contributed by atoms with Gasteiger partial charge in [0, 0.05) is 13.0 Å². The van der Waals surface area contributed by atoms with Crippen LogP contribution in [0.15, 0.2) is 72.8 Å².